The van der Waals surface area contributed by atoms with Crippen LogP contribution in [0.4, 0.5) is 0 Å². The molecule has 0 saturated carbocycles. The van der Waals surface area contributed by atoms with Crippen LogP contribution in [-0.4, -0.2) is 27.9 Å². The number of ether oxygens (including phenoxy) is 1. The van der Waals surface area contributed by atoms with E-state index in [0.29, 0.717) is 5.75 Å². The van der Waals surface area contributed by atoms with Crippen molar-refractivity contribution in [2.24, 2.45) is 0 Å². The number of methoxy groups -OCH3 is 1. The van der Waals surface area contributed by atoms with Crippen molar-refractivity contribution in [3.8, 4) is 17.2 Å². The van der Waals surface area contributed by atoms with Gasteiger partial charge in [-0.25, -0.2) is 4.68 Å². The number of carbonyl (C=O) groups excluding carboxylic acids is 1. The molecule has 0 spiro atoms. The molecule has 0 radical (unpaired) electrons. The predicted octanol–water partition coefficient (Wildman–Crippen LogP) is 3.08. The van der Waals surface area contributed by atoms with Gasteiger partial charge in [0, 0.05) is 12.4 Å². The molecule has 6 heteroatoms. The van der Waals surface area contributed by atoms with Gasteiger partial charge in [0.25, 0.3) is 5.91 Å². The maximum Gasteiger partial charge on any atom is 0.255 e. The number of amides is 1. The highest BCUT2D eigenvalue weighted by atomic mass is 16.5. The number of phenols is 1. The van der Waals surface area contributed by atoms with Crippen molar-refractivity contribution >= 4 is 5.91 Å². The van der Waals surface area contributed by atoms with Crippen molar-refractivity contribution in [1.82, 2.24) is 15.1 Å². The van der Waals surface area contributed by atoms with Crippen LogP contribution in [0.3, 0.4) is 0 Å². The zero-order valence-electron chi connectivity index (χ0n) is 14.0. The zero-order valence-corrected chi connectivity index (χ0v) is 14.0. The SMILES string of the molecule is COc1ccc(O)cc1C(=O)N[C@H](C)c1ccccc1-n1cccn1. The number of hydrogen-bond donors (Lipinski definition) is 2. The first-order valence-electron chi connectivity index (χ1n) is 7.87. The molecule has 0 aliphatic rings. The molecule has 6 nitrogen and oxygen atoms in total. The largest absolute Gasteiger partial charge is 0.508 e. The summed E-state index contributed by atoms with van der Waals surface area (Å²) in [6.45, 7) is 1.90. The van der Waals surface area contributed by atoms with Gasteiger partial charge in [-0.3, -0.25) is 4.79 Å². The number of rotatable bonds is 5. The molecule has 1 aromatic heterocycles. The molecule has 0 saturated heterocycles. The number of para-hydroxylation sites is 1. The summed E-state index contributed by atoms with van der Waals surface area (Å²) in [5.41, 5.74) is 2.10. The molecule has 25 heavy (non-hydrogen) atoms. The minimum atomic E-state index is -0.324. The Kier molecular flexibility index (Phi) is 4.70. The lowest BCUT2D eigenvalue weighted by atomic mass is 10.1. The lowest BCUT2D eigenvalue weighted by Crippen LogP contribution is -2.27. The molecule has 3 rings (SSSR count). The van der Waals surface area contributed by atoms with Crippen LogP contribution in [0.5, 0.6) is 11.5 Å². The average molecular weight is 337 g/mol. The highest BCUT2D eigenvalue weighted by Gasteiger charge is 2.18. The number of aromatic nitrogens is 2. The molecule has 2 N–H and O–H groups in total. The summed E-state index contributed by atoms with van der Waals surface area (Å²) in [6, 6.07) is 13.7. The summed E-state index contributed by atoms with van der Waals surface area (Å²) in [4.78, 5) is 12.6. The van der Waals surface area contributed by atoms with Crippen LogP contribution in [0, 0.1) is 0 Å². The van der Waals surface area contributed by atoms with Gasteiger partial charge in [0.05, 0.1) is 24.4 Å². The summed E-state index contributed by atoms with van der Waals surface area (Å²) in [5.74, 6) is 0.0916. The summed E-state index contributed by atoms with van der Waals surface area (Å²) >= 11 is 0. The second-order valence-corrected chi connectivity index (χ2v) is 5.59. The molecule has 0 bridgehead atoms. The number of nitrogens with one attached hydrogen (secondary N) is 1. The van der Waals surface area contributed by atoms with Gasteiger partial charge < -0.3 is 15.2 Å². The van der Waals surface area contributed by atoms with E-state index in [2.05, 4.69) is 10.4 Å². The molecule has 3 aromatic rings. The fourth-order valence-electron chi connectivity index (χ4n) is 2.70. The van der Waals surface area contributed by atoms with E-state index in [4.69, 9.17) is 4.74 Å². The van der Waals surface area contributed by atoms with Crippen LogP contribution in [0.1, 0.15) is 28.9 Å². The number of aromatic hydroxyl groups is 1. The van der Waals surface area contributed by atoms with E-state index >= 15 is 0 Å². The summed E-state index contributed by atoms with van der Waals surface area (Å²) in [7, 11) is 1.49. The highest BCUT2D eigenvalue weighted by molar-refractivity contribution is 5.97. The molecule has 1 heterocycles. The van der Waals surface area contributed by atoms with Gasteiger partial charge in [-0.15, -0.1) is 0 Å². The zero-order chi connectivity index (χ0) is 17.8. The lowest BCUT2D eigenvalue weighted by Gasteiger charge is -2.19. The van der Waals surface area contributed by atoms with Crippen LogP contribution in [0.25, 0.3) is 5.69 Å². The monoisotopic (exact) mass is 337 g/mol. The molecule has 1 atom stereocenters. The van der Waals surface area contributed by atoms with Gasteiger partial charge in [-0.2, -0.15) is 5.10 Å². The number of nitrogens with zero attached hydrogens (tertiary/aromatic N) is 2. The summed E-state index contributed by atoms with van der Waals surface area (Å²) < 4.78 is 6.96. The Balaban J connectivity index is 1.87. The fraction of sp³-hybridized carbons (Fsp3) is 0.158. The first-order valence-corrected chi connectivity index (χ1v) is 7.87. The maximum absolute atomic E-state index is 12.6. The number of phenolic OH excluding ortho intramolecular Hbond substituents is 1. The van der Waals surface area contributed by atoms with E-state index in [1.54, 1.807) is 16.9 Å². The topological polar surface area (TPSA) is 76.4 Å². The van der Waals surface area contributed by atoms with Gasteiger partial charge in [-0.05, 0) is 42.8 Å². The van der Waals surface area contributed by atoms with Gasteiger partial charge in [0.15, 0.2) is 0 Å². The van der Waals surface area contributed by atoms with Gasteiger partial charge in [0.2, 0.25) is 0 Å². The third-order valence-corrected chi connectivity index (χ3v) is 3.93. The fourth-order valence-corrected chi connectivity index (χ4v) is 2.70. The van der Waals surface area contributed by atoms with E-state index in [1.165, 1.54) is 19.2 Å². The van der Waals surface area contributed by atoms with E-state index in [1.807, 2.05) is 43.5 Å². The van der Waals surface area contributed by atoms with Crippen molar-refractivity contribution in [1.29, 1.82) is 0 Å². The van der Waals surface area contributed by atoms with Crippen molar-refractivity contribution in [3.63, 3.8) is 0 Å². The Morgan fingerprint density at radius 2 is 2.04 bits per heavy atom. The molecule has 0 aliphatic heterocycles. The number of hydrogen-bond acceptors (Lipinski definition) is 4. The van der Waals surface area contributed by atoms with Crippen molar-refractivity contribution in [3.05, 3.63) is 72.1 Å². The molecular weight excluding hydrogens is 318 g/mol. The Hall–Kier alpha value is -3.28. The Morgan fingerprint density at radius 3 is 2.76 bits per heavy atom. The van der Waals surface area contributed by atoms with Crippen LogP contribution in [-0.2, 0) is 0 Å². The Morgan fingerprint density at radius 1 is 1.24 bits per heavy atom. The summed E-state index contributed by atoms with van der Waals surface area (Å²) in [5, 5.41) is 16.9. The van der Waals surface area contributed by atoms with E-state index in [0.717, 1.165) is 11.3 Å². The van der Waals surface area contributed by atoms with E-state index in [9.17, 15) is 9.90 Å². The van der Waals surface area contributed by atoms with Crippen molar-refractivity contribution in [2.45, 2.75) is 13.0 Å². The lowest BCUT2D eigenvalue weighted by molar-refractivity contribution is 0.0936. The minimum absolute atomic E-state index is 0.00976. The van der Waals surface area contributed by atoms with E-state index in [-0.39, 0.29) is 23.3 Å². The van der Waals surface area contributed by atoms with Crippen molar-refractivity contribution in [2.75, 3.05) is 7.11 Å². The average Bonchev–Trinajstić information content (AvgIpc) is 3.16. The second kappa shape index (κ2) is 7.09. The van der Waals surface area contributed by atoms with Gasteiger partial charge >= 0.3 is 0 Å². The summed E-state index contributed by atoms with van der Waals surface area (Å²) in [6.07, 6.45) is 3.56. The standard InChI is InChI=1S/C19H19N3O3/c1-13(15-6-3-4-7-17(15)22-11-5-10-20-22)21-19(24)16-12-14(23)8-9-18(16)25-2/h3-13,23H,1-2H3,(H,21,24)/t13-/m1/s1. The van der Waals surface area contributed by atoms with Gasteiger partial charge in [-0.1, -0.05) is 18.2 Å². The van der Waals surface area contributed by atoms with Crippen LogP contribution < -0.4 is 10.1 Å². The second-order valence-electron chi connectivity index (χ2n) is 5.59. The predicted molar refractivity (Wildman–Crippen MR) is 94.1 cm³/mol. The smallest absolute Gasteiger partial charge is 0.255 e. The first kappa shape index (κ1) is 16.6. The Bertz CT molecular complexity index is 875. The highest BCUT2D eigenvalue weighted by Crippen LogP contribution is 2.25. The molecule has 128 valence electrons. The van der Waals surface area contributed by atoms with Crippen LogP contribution in [0.15, 0.2) is 60.9 Å². The molecule has 0 unspecified atom stereocenters. The molecule has 2 aromatic carbocycles. The van der Waals surface area contributed by atoms with Crippen LogP contribution >= 0.6 is 0 Å². The van der Waals surface area contributed by atoms with Gasteiger partial charge in [0.1, 0.15) is 11.5 Å². The number of benzene rings is 2. The molecule has 0 aliphatic carbocycles. The number of carbonyl (C=O) groups is 1. The minimum Gasteiger partial charge on any atom is -0.508 e. The molecular formula is C19H19N3O3. The first-order chi connectivity index (χ1) is 12.1. The molecule has 1 amide bonds. The maximum atomic E-state index is 12.6. The van der Waals surface area contributed by atoms with Crippen molar-refractivity contribution < 1.29 is 14.6 Å². The third kappa shape index (κ3) is 3.47. The third-order valence-electron chi connectivity index (χ3n) is 3.93. The van der Waals surface area contributed by atoms with E-state index < -0.39 is 0 Å². The Labute approximate surface area is 145 Å². The quantitative estimate of drug-likeness (QED) is 0.750. The van der Waals surface area contributed by atoms with Crippen LogP contribution in [0.2, 0.25) is 0 Å². The molecule has 0 fully saturated rings. The normalized spacial score (nSPS) is 11.8.